The predicted molar refractivity (Wildman–Crippen MR) is 130 cm³/mol. The fourth-order valence-electron chi connectivity index (χ4n) is 3.72. The molecule has 0 heterocycles. The maximum Gasteiger partial charge on any atom is 0.297 e. The van der Waals surface area contributed by atoms with Crippen LogP contribution in [0.25, 0.3) is 0 Å². The van der Waals surface area contributed by atoms with E-state index >= 15 is 0 Å². The molecule has 1 aromatic rings. The Hall–Kier alpha value is -0.104. The van der Waals surface area contributed by atoms with Gasteiger partial charge in [-0.2, -0.15) is 8.42 Å². The van der Waals surface area contributed by atoms with E-state index in [4.69, 9.17) is 4.18 Å². The van der Waals surface area contributed by atoms with Crippen LogP contribution in [0.5, 0.6) is 0 Å². The summed E-state index contributed by atoms with van der Waals surface area (Å²) >= 11 is 0. The highest BCUT2D eigenvalue weighted by molar-refractivity contribution is 7.86. The van der Waals surface area contributed by atoms with Gasteiger partial charge in [0, 0.05) is 23.1 Å². The van der Waals surface area contributed by atoms with Gasteiger partial charge >= 0.3 is 0 Å². The molecule has 30 heavy (non-hydrogen) atoms. The molecule has 2 radical (unpaired) electrons. The van der Waals surface area contributed by atoms with Crippen LogP contribution in [-0.2, 0) is 14.3 Å². The average Bonchev–Trinajstić information content (AvgIpc) is 2.70. The van der Waals surface area contributed by atoms with Crippen molar-refractivity contribution in [3.05, 3.63) is 29.8 Å². The van der Waals surface area contributed by atoms with Gasteiger partial charge in [0.2, 0.25) is 0 Å². The van der Waals surface area contributed by atoms with Gasteiger partial charge in [-0.1, -0.05) is 121 Å². The normalized spacial score (nSPS) is 11.4. The van der Waals surface area contributed by atoms with Crippen LogP contribution in [0.15, 0.2) is 29.2 Å². The van der Waals surface area contributed by atoms with Gasteiger partial charge in [-0.15, -0.1) is 0 Å². The zero-order valence-corrected chi connectivity index (χ0v) is 21.9. The van der Waals surface area contributed by atoms with Gasteiger partial charge in [-0.05, 0) is 25.0 Å². The van der Waals surface area contributed by atoms with Crippen LogP contribution in [0.1, 0.15) is 115 Å². The number of benzene rings is 1. The summed E-state index contributed by atoms with van der Waals surface area (Å²) in [6, 6.07) is 6.98. The Morgan fingerprint density at radius 3 is 1.50 bits per heavy atom. The quantitative estimate of drug-likeness (QED) is 0.124. The van der Waals surface area contributed by atoms with Gasteiger partial charge in [-0.3, -0.25) is 4.18 Å². The second kappa shape index (κ2) is 19.6. The highest BCUT2D eigenvalue weighted by Crippen LogP contribution is 2.18. The Labute approximate surface area is 203 Å². The first-order valence-corrected chi connectivity index (χ1v) is 13.4. The number of aryl methyl sites for hydroxylation is 1. The van der Waals surface area contributed by atoms with Crippen LogP contribution in [-0.4, -0.2) is 38.1 Å². The smallest absolute Gasteiger partial charge is 0.266 e. The predicted octanol–water partition coefficient (Wildman–Crippen LogP) is 7.58. The third-order valence-electron chi connectivity index (χ3n) is 5.60. The van der Waals surface area contributed by atoms with E-state index in [1.54, 1.807) is 25.1 Å². The van der Waals surface area contributed by atoms with E-state index < -0.39 is 10.1 Å². The van der Waals surface area contributed by atoms with Crippen LogP contribution < -0.4 is 0 Å². The Balaban J connectivity index is 0.00000841. The molecule has 0 unspecified atom stereocenters. The molecule has 1 rings (SSSR count). The topological polar surface area (TPSA) is 43.4 Å². The number of unbranched alkanes of at least 4 members (excludes halogenated alkanes) is 15. The first kappa shape index (κ1) is 29.9. The Morgan fingerprint density at radius 2 is 1.07 bits per heavy atom. The molecule has 0 bridgehead atoms. The highest BCUT2D eigenvalue weighted by Gasteiger charge is 2.16. The van der Waals surface area contributed by atoms with Gasteiger partial charge < -0.3 is 0 Å². The van der Waals surface area contributed by atoms with E-state index in [2.05, 4.69) is 6.92 Å². The zero-order valence-electron chi connectivity index (χ0n) is 19.7. The van der Waals surface area contributed by atoms with Crippen LogP contribution in [0, 0.1) is 6.92 Å². The summed E-state index contributed by atoms with van der Waals surface area (Å²) < 4.78 is 29.6. The van der Waals surface area contributed by atoms with E-state index in [0.717, 1.165) is 18.4 Å². The highest BCUT2D eigenvalue weighted by atomic mass is 32.2. The second-order valence-electron chi connectivity index (χ2n) is 8.34. The lowest BCUT2D eigenvalue weighted by Gasteiger charge is -2.08. The van der Waals surface area contributed by atoms with Crippen molar-refractivity contribution >= 4 is 33.2 Å². The van der Waals surface area contributed by atoms with Crippen LogP contribution in [0.3, 0.4) is 0 Å². The average molecular weight is 449 g/mol. The van der Waals surface area contributed by atoms with Gasteiger partial charge in [0.05, 0.1) is 11.5 Å². The van der Waals surface area contributed by atoms with Crippen LogP contribution in [0.4, 0.5) is 0 Å². The summed E-state index contributed by atoms with van der Waals surface area (Å²) in [6.45, 7) is 4.36. The van der Waals surface area contributed by atoms with Crippen molar-refractivity contribution < 1.29 is 12.6 Å². The lowest BCUT2D eigenvalue weighted by molar-refractivity contribution is 0.306. The second-order valence-corrected chi connectivity index (χ2v) is 9.93. The summed E-state index contributed by atoms with van der Waals surface area (Å²) in [7, 11) is -3.61. The molecular weight excluding hydrogens is 405 g/mol. The molecule has 170 valence electrons. The largest absolute Gasteiger partial charge is 0.297 e. The molecule has 0 aliphatic heterocycles. The Bertz CT molecular complexity index is 617. The van der Waals surface area contributed by atoms with Gasteiger partial charge in [0.1, 0.15) is 0 Å². The Kier molecular flexibility index (Phi) is 19.5. The summed E-state index contributed by atoms with van der Waals surface area (Å²) in [6.07, 6.45) is 20.9. The van der Waals surface area contributed by atoms with Gasteiger partial charge in [0.25, 0.3) is 10.1 Å². The van der Waals surface area contributed by atoms with Crippen molar-refractivity contribution in [2.24, 2.45) is 0 Å². The molecular formula is C25H44MgO3S. The third-order valence-corrected chi connectivity index (χ3v) is 7.07. The van der Waals surface area contributed by atoms with Crippen molar-refractivity contribution in [3.8, 4) is 0 Å². The first-order chi connectivity index (χ1) is 14.1. The van der Waals surface area contributed by atoms with Gasteiger partial charge in [0.15, 0.2) is 0 Å². The van der Waals surface area contributed by atoms with E-state index in [-0.39, 0.29) is 34.6 Å². The van der Waals surface area contributed by atoms with Gasteiger partial charge in [-0.25, -0.2) is 0 Å². The molecule has 0 aliphatic rings. The lowest BCUT2D eigenvalue weighted by Crippen LogP contribution is -2.09. The lowest BCUT2D eigenvalue weighted by atomic mass is 10.0. The van der Waals surface area contributed by atoms with Crippen molar-refractivity contribution in [2.45, 2.75) is 121 Å². The minimum Gasteiger partial charge on any atom is -0.266 e. The fourth-order valence-corrected chi connectivity index (χ4v) is 4.89. The maximum atomic E-state index is 12.2. The standard InChI is InChI=1S/C25H44O3S.Mg/c1-3-4-5-6-7-8-9-10-11-12-13-14-15-16-17-20-23-28-29(26,27)25-22-19-18-21-24(25)2;/h18-19,21-22H,3-17,20,23H2,1-2H3;. The molecule has 0 amide bonds. The summed E-state index contributed by atoms with van der Waals surface area (Å²) in [5, 5.41) is 0. The van der Waals surface area contributed by atoms with Crippen molar-refractivity contribution in [1.82, 2.24) is 0 Å². The number of hydrogen-bond acceptors (Lipinski definition) is 3. The number of rotatable bonds is 19. The minimum atomic E-state index is -3.61. The van der Waals surface area contributed by atoms with Crippen molar-refractivity contribution in [3.63, 3.8) is 0 Å². The van der Waals surface area contributed by atoms with Crippen LogP contribution >= 0.6 is 0 Å². The van der Waals surface area contributed by atoms with E-state index in [9.17, 15) is 8.42 Å². The molecule has 0 aliphatic carbocycles. The molecule has 3 nitrogen and oxygen atoms in total. The Morgan fingerprint density at radius 1 is 0.667 bits per heavy atom. The monoisotopic (exact) mass is 448 g/mol. The van der Waals surface area contributed by atoms with E-state index in [1.165, 1.54) is 89.9 Å². The van der Waals surface area contributed by atoms with Crippen LogP contribution in [0.2, 0.25) is 0 Å². The molecule has 5 heteroatoms. The molecule has 0 atom stereocenters. The number of hydrogen-bond donors (Lipinski definition) is 0. The molecule has 0 saturated carbocycles. The minimum absolute atomic E-state index is 0. The summed E-state index contributed by atoms with van der Waals surface area (Å²) in [4.78, 5) is 0.288. The molecule has 0 aromatic heterocycles. The SMILES string of the molecule is CCCCCCCCCCCCCCCCCCOS(=O)(=O)c1ccccc1C.[Mg]. The third kappa shape index (κ3) is 14.8. The molecule has 0 spiro atoms. The summed E-state index contributed by atoms with van der Waals surface area (Å²) in [5.41, 5.74) is 0.736. The van der Waals surface area contributed by atoms with Crippen molar-refractivity contribution in [2.75, 3.05) is 6.61 Å². The summed E-state index contributed by atoms with van der Waals surface area (Å²) in [5.74, 6) is 0. The van der Waals surface area contributed by atoms with E-state index in [1.807, 2.05) is 6.07 Å². The molecule has 0 saturated heterocycles. The maximum absolute atomic E-state index is 12.2. The first-order valence-electron chi connectivity index (χ1n) is 12.0. The van der Waals surface area contributed by atoms with Crippen molar-refractivity contribution in [1.29, 1.82) is 0 Å². The molecule has 0 fully saturated rings. The van der Waals surface area contributed by atoms with E-state index in [0.29, 0.717) is 0 Å². The molecule has 1 aromatic carbocycles. The molecule has 0 N–H and O–H groups in total. The fraction of sp³-hybridized carbons (Fsp3) is 0.760. The zero-order chi connectivity index (χ0) is 21.2.